The fourth-order valence-electron chi connectivity index (χ4n) is 3.29. The highest BCUT2D eigenvalue weighted by Crippen LogP contribution is 2.20. The maximum Gasteiger partial charge on any atom is 0.343 e. The Balaban J connectivity index is 1.47. The van der Waals surface area contributed by atoms with Crippen molar-refractivity contribution in [3.63, 3.8) is 0 Å². The highest BCUT2D eigenvalue weighted by atomic mass is 16.6. The number of carbonyl (C=O) groups is 2. The number of carbonyl (C=O) groups excluding carboxylic acids is 2. The number of hydrogen-bond donors (Lipinski definition) is 2. The van der Waals surface area contributed by atoms with Crippen LogP contribution in [0.4, 0.5) is 10.5 Å². The number of amides is 2. The van der Waals surface area contributed by atoms with Gasteiger partial charge in [0.1, 0.15) is 5.75 Å². The maximum atomic E-state index is 12.3. The summed E-state index contributed by atoms with van der Waals surface area (Å²) >= 11 is 0. The fraction of sp³-hybridized carbons (Fsp3) is 0.556. The Bertz CT molecular complexity index is 616. The predicted molar refractivity (Wildman–Crippen MR) is 95.3 cm³/mol. The van der Waals surface area contributed by atoms with Gasteiger partial charge in [-0.05, 0) is 50.2 Å². The van der Waals surface area contributed by atoms with Crippen LogP contribution in [0, 0.1) is 0 Å². The molecule has 2 heterocycles. The normalized spacial score (nSPS) is 22.8. The van der Waals surface area contributed by atoms with Crippen LogP contribution in [-0.4, -0.2) is 69.0 Å². The Hall–Kier alpha value is -2.32. The highest BCUT2D eigenvalue weighted by molar-refractivity contribution is 5.89. The van der Waals surface area contributed by atoms with E-state index in [0.29, 0.717) is 24.7 Å². The van der Waals surface area contributed by atoms with E-state index in [1.807, 2.05) is 0 Å². The van der Waals surface area contributed by atoms with Gasteiger partial charge in [-0.25, -0.2) is 9.59 Å². The molecule has 142 valence electrons. The van der Waals surface area contributed by atoms with Crippen LogP contribution in [0.5, 0.6) is 5.75 Å². The van der Waals surface area contributed by atoms with Crippen molar-refractivity contribution in [3.05, 3.63) is 24.3 Å². The zero-order chi connectivity index (χ0) is 18.4. The molecule has 0 aromatic heterocycles. The minimum atomic E-state index is -0.446. The second-order valence-corrected chi connectivity index (χ2v) is 6.44. The number of anilines is 1. The average molecular weight is 363 g/mol. The second kappa shape index (κ2) is 8.86. The topological polar surface area (TPSA) is 89.1 Å². The third kappa shape index (κ3) is 4.86. The second-order valence-electron chi connectivity index (χ2n) is 6.44. The first-order chi connectivity index (χ1) is 12.7. The molecular weight excluding hydrogens is 338 g/mol. The molecule has 3 rings (SSSR count). The SMILES string of the molecule is COC(=O)COc1ccc(NC(=O)N[C@H]2COC[C@@H]2N2CCCC2)cc1. The Morgan fingerprint density at radius 1 is 1.19 bits per heavy atom. The van der Waals surface area contributed by atoms with Crippen molar-refractivity contribution in [1.82, 2.24) is 10.2 Å². The first-order valence-electron chi connectivity index (χ1n) is 8.84. The van der Waals surface area contributed by atoms with Gasteiger partial charge >= 0.3 is 12.0 Å². The molecule has 0 saturated carbocycles. The standard InChI is InChI=1S/C18H25N3O5/c1-24-17(22)12-26-14-6-4-13(5-7-14)19-18(23)20-15-10-25-11-16(15)21-8-2-3-9-21/h4-7,15-16H,2-3,8-12H2,1H3,(H2,19,20,23)/t15-,16-/m0/s1. The quantitative estimate of drug-likeness (QED) is 0.739. The van der Waals surface area contributed by atoms with Gasteiger partial charge in [-0.2, -0.15) is 0 Å². The number of esters is 1. The van der Waals surface area contributed by atoms with Crippen molar-refractivity contribution in [2.45, 2.75) is 24.9 Å². The van der Waals surface area contributed by atoms with E-state index in [1.54, 1.807) is 24.3 Å². The fourth-order valence-corrected chi connectivity index (χ4v) is 3.29. The van der Waals surface area contributed by atoms with E-state index in [1.165, 1.54) is 20.0 Å². The molecule has 0 radical (unpaired) electrons. The van der Waals surface area contributed by atoms with Gasteiger partial charge in [0, 0.05) is 5.69 Å². The van der Waals surface area contributed by atoms with Gasteiger partial charge < -0.3 is 24.8 Å². The number of hydrogen-bond acceptors (Lipinski definition) is 6. The first-order valence-corrected chi connectivity index (χ1v) is 8.84. The number of urea groups is 1. The van der Waals surface area contributed by atoms with Gasteiger partial charge in [0.25, 0.3) is 0 Å². The van der Waals surface area contributed by atoms with E-state index < -0.39 is 5.97 Å². The summed E-state index contributed by atoms with van der Waals surface area (Å²) in [5.74, 6) is 0.0811. The molecule has 2 amide bonds. The summed E-state index contributed by atoms with van der Waals surface area (Å²) in [6.07, 6.45) is 2.42. The summed E-state index contributed by atoms with van der Waals surface area (Å²) in [5.41, 5.74) is 0.643. The van der Waals surface area contributed by atoms with E-state index in [-0.39, 0.29) is 24.7 Å². The van der Waals surface area contributed by atoms with E-state index in [4.69, 9.17) is 9.47 Å². The lowest BCUT2D eigenvalue weighted by Gasteiger charge is -2.27. The van der Waals surface area contributed by atoms with E-state index in [9.17, 15) is 9.59 Å². The van der Waals surface area contributed by atoms with Gasteiger partial charge in [-0.1, -0.05) is 0 Å². The molecule has 0 bridgehead atoms. The molecule has 26 heavy (non-hydrogen) atoms. The average Bonchev–Trinajstić information content (AvgIpc) is 3.32. The predicted octanol–water partition coefficient (Wildman–Crippen LogP) is 1.22. The van der Waals surface area contributed by atoms with Crippen molar-refractivity contribution in [2.75, 3.05) is 45.3 Å². The Labute approximate surface area is 152 Å². The number of rotatable bonds is 6. The van der Waals surface area contributed by atoms with Gasteiger partial charge in [-0.3, -0.25) is 4.90 Å². The lowest BCUT2D eigenvalue weighted by Crippen LogP contribution is -2.51. The van der Waals surface area contributed by atoms with Crippen molar-refractivity contribution < 1.29 is 23.8 Å². The first kappa shape index (κ1) is 18.5. The molecule has 2 N–H and O–H groups in total. The molecule has 0 aliphatic carbocycles. The lowest BCUT2D eigenvalue weighted by molar-refractivity contribution is -0.142. The zero-order valence-corrected chi connectivity index (χ0v) is 14.9. The molecule has 1 aromatic rings. The van der Waals surface area contributed by atoms with Crippen molar-refractivity contribution in [1.29, 1.82) is 0 Å². The van der Waals surface area contributed by atoms with Crippen LogP contribution in [0.3, 0.4) is 0 Å². The maximum absolute atomic E-state index is 12.3. The largest absolute Gasteiger partial charge is 0.482 e. The molecule has 8 heteroatoms. The summed E-state index contributed by atoms with van der Waals surface area (Å²) < 4.78 is 15.4. The third-order valence-electron chi connectivity index (χ3n) is 4.67. The smallest absolute Gasteiger partial charge is 0.343 e. The van der Waals surface area contributed by atoms with Crippen molar-refractivity contribution in [2.24, 2.45) is 0 Å². The van der Waals surface area contributed by atoms with Gasteiger partial charge in [0.05, 0.1) is 32.4 Å². The molecule has 2 saturated heterocycles. The van der Waals surface area contributed by atoms with Gasteiger partial charge in [0.2, 0.25) is 0 Å². The summed E-state index contributed by atoms with van der Waals surface area (Å²) in [5, 5.41) is 5.82. The molecule has 0 unspecified atom stereocenters. The Morgan fingerprint density at radius 2 is 1.92 bits per heavy atom. The highest BCUT2D eigenvalue weighted by Gasteiger charge is 2.35. The van der Waals surface area contributed by atoms with Crippen LogP contribution in [0.1, 0.15) is 12.8 Å². The summed E-state index contributed by atoms with van der Waals surface area (Å²) in [4.78, 5) is 25.7. The summed E-state index contributed by atoms with van der Waals surface area (Å²) in [6, 6.07) is 6.79. The minimum absolute atomic E-state index is 0.00392. The van der Waals surface area contributed by atoms with Gasteiger partial charge in [0.15, 0.2) is 6.61 Å². The van der Waals surface area contributed by atoms with Crippen LogP contribution in [0.2, 0.25) is 0 Å². The van der Waals surface area contributed by atoms with E-state index >= 15 is 0 Å². The molecule has 2 aliphatic rings. The molecular formula is C18H25N3O5. The Morgan fingerprint density at radius 3 is 2.62 bits per heavy atom. The van der Waals surface area contributed by atoms with Crippen LogP contribution in [-0.2, 0) is 14.3 Å². The van der Waals surface area contributed by atoms with Crippen LogP contribution in [0.15, 0.2) is 24.3 Å². The number of benzene rings is 1. The molecule has 8 nitrogen and oxygen atoms in total. The molecule has 2 atom stereocenters. The number of ether oxygens (including phenoxy) is 3. The number of nitrogens with zero attached hydrogens (tertiary/aromatic N) is 1. The molecule has 2 aliphatic heterocycles. The van der Waals surface area contributed by atoms with E-state index in [2.05, 4.69) is 20.3 Å². The zero-order valence-electron chi connectivity index (χ0n) is 14.9. The number of methoxy groups -OCH3 is 1. The Kier molecular flexibility index (Phi) is 6.30. The summed E-state index contributed by atoms with van der Waals surface area (Å²) in [6.45, 7) is 3.19. The monoisotopic (exact) mass is 363 g/mol. The lowest BCUT2D eigenvalue weighted by atomic mass is 10.1. The molecule has 0 spiro atoms. The van der Waals surface area contributed by atoms with Crippen LogP contribution < -0.4 is 15.4 Å². The minimum Gasteiger partial charge on any atom is -0.482 e. The number of nitrogens with one attached hydrogen (secondary N) is 2. The molecule has 1 aromatic carbocycles. The van der Waals surface area contributed by atoms with Crippen LogP contribution >= 0.6 is 0 Å². The summed E-state index contributed by atoms with van der Waals surface area (Å²) in [7, 11) is 1.31. The number of likely N-dealkylation sites (tertiary alicyclic amines) is 1. The van der Waals surface area contributed by atoms with E-state index in [0.717, 1.165) is 13.1 Å². The molecule has 2 fully saturated rings. The van der Waals surface area contributed by atoms with Crippen LogP contribution in [0.25, 0.3) is 0 Å². The third-order valence-corrected chi connectivity index (χ3v) is 4.67. The van der Waals surface area contributed by atoms with Crippen molar-refractivity contribution in [3.8, 4) is 5.75 Å². The van der Waals surface area contributed by atoms with Crippen molar-refractivity contribution >= 4 is 17.7 Å². The van der Waals surface area contributed by atoms with Gasteiger partial charge in [-0.15, -0.1) is 0 Å².